The van der Waals surface area contributed by atoms with E-state index in [1.54, 1.807) is 0 Å². The first-order chi connectivity index (χ1) is 13.2. The first-order valence-electron chi connectivity index (χ1n) is 11.9. The molecular weight excluding hydrogens is 352 g/mol. The Balaban J connectivity index is 1.62. The van der Waals surface area contributed by atoms with Crippen molar-refractivity contribution >= 4 is 0 Å². The van der Waals surface area contributed by atoms with E-state index in [9.17, 15) is 20.4 Å². The van der Waals surface area contributed by atoms with Gasteiger partial charge >= 0.3 is 0 Å². The lowest BCUT2D eigenvalue weighted by molar-refractivity contribution is -0.207. The van der Waals surface area contributed by atoms with Crippen molar-refractivity contribution in [2.75, 3.05) is 6.61 Å². The molecule has 4 rings (SSSR count). The molecule has 0 amide bonds. The second-order valence-electron chi connectivity index (χ2n) is 11.4. The predicted molar refractivity (Wildman–Crippen MR) is 109 cm³/mol. The maximum Gasteiger partial charge on any atom is 0.0602 e. The molecular formula is C24H42O4. The van der Waals surface area contributed by atoms with Crippen LogP contribution in [0.1, 0.15) is 78.6 Å². The lowest BCUT2D eigenvalue weighted by atomic mass is 9.43. The minimum atomic E-state index is -0.308. The average molecular weight is 395 g/mol. The largest absolute Gasteiger partial charge is 0.396 e. The van der Waals surface area contributed by atoms with E-state index in [0.29, 0.717) is 35.5 Å². The van der Waals surface area contributed by atoms with E-state index in [1.165, 1.54) is 0 Å². The summed E-state index contributed by atoms with van der Waals surface area (Å²) in [5, 5.41) is 42.2. The van der Waals surface area contributed by atoms with Gasteiger partial charge in [0.05, 0.1) is 18.3 Å². The van der Waals surface area contributed by atoms with Gasteiger partial charge in [0, 0.05) is 6.61 Å². The minimum absolute atomic E-state index is 0.117. The molecule has 4 N–H and O–H groups in total. The normalized spacial score (nSPS) is 54.5. The van der Waals surface area contributed by atoms with E-state index < -0.39 is 0 Å². The van der Waals surface area contributed by atoms with Crippen molar-refractivity contribution in [3.8, 4) is 0 Å². The van der Waals surface area contributed by atoms with Crippen molar-refractivity contribution < 1.29 is 20.4 Å². The third kappa shape index (κ3) is 3.01. The number of fused-ring (bicyclic) bond motifs is 5. The van der Waals surface area contributed by atoms with E-state index in [0.717, 1.165) is 57.8 Å². The third-order valence-corrected chi connectivity index (χ3v) is 10.3. The molecule has 0 heterocycles. The van der Waals surface area contributed by atoms with Crippen LogP contribution in [0.3, 0.4) is 0 Å². The molecule has 4 aliphatic carbocycles. The Hall–Kier alpha value is -0.160. The van der Waals surface area contributed by atoms with Crippen LogP contribution in [0.15, 0.2) is 0 Å². The molecule has 0 aromatic heterocycles. The summed E-state index contributed by atoms with van der Waals surface area (Å²) in [4.78, 5) is 0. The molecule has 4 saturated carbocycles. The Kier molecular flexibility index (Phi) is 5.66. The fraction of sp³-hybridized carbons (Fsp3) is 1.00. The fourth-order valence-electron chi connectivity index (χ4n) is 8.75. The van der Waals surface area contributed by atoms with Crippen LogP contribution in [0.25, 0.3) is 0 Å². The summed E-state index contributed by atoms with van der Waals surface area (Å²) in [5.74, 6) is 2.41. The van der Waals surface area contributed by atoms with Crippen molar-refractivity contribution in [1.29, 1.82) is 0 Å². The van der Waals surface area contributed by atoms with Gasteiger partial charge in [-0.1, -0.05) is 20.8 Å². The average Bonchev–Trinajstić information content (AvgIpc) is 3.01. The summed E-state index contributed by atoms with van der Waals surface area (Å²) < 4.78 is 0. The number of hydrogen-bond acceptors (Lipinski definition) is 4. The first kappa shape index (κ1) is 21.1. The summed E-state index contributed by atoms with van der Waals surface area (Å²) >= 11 is 0. The molecule has 0 aliphatic heterocycles. The summed E-state index contributed by atoms with van der Waals surface area (Å²) in [7, 11) is 0. The van der Waals surface area contributed by atoms with Crippen LogP contribution in [0.5, 0.6) is 0 Å². The highest BCUT2D eigenvalue weighted by Crippen LogP contribution is 2.68. The molecule has 4 heteroatoms. The Bertz CT molecular complexity index is 567. The van der Waals surface area contributed by atoms with Gasteiger partial charge in [0.25, 0.3) is 0 Å². The Morgan fingerprint density at radius 3 is 2.43 bits per heavy atom. The Morgan fingerprint density at radius 2 is 1.71 bits per heavy atom. The molecule has 0 saturated heterocycles. The van der Waals surface area contributed by atoms with Gasteiger partial charge in [-0.25, -0.2) is 0 Å². The molecule has 0 aromatic rings. The van der Waals surface area contributed by atoms with Gasteiger partial charge in [0.2, 0.25) is 0 Å². The SMILES string of the molecule is C[C@H](CCCO)[C@H]1CC[C@@H]2[C@H]3[C@H](O)C[C@H]4C[C@H](O)CC[C@]4(C)[C@@H]3C[C@H](O)[C@@]21C. The molecule has 28 heavy (non-hydrogen) atoms. The second-order valence-corrected chi connectivity index (χ2v) is 11.4. The zero-order chi connectivity index (χ0) is 20.3. The van der Waals surface area contributed by atoms with E-state index in [1.807, 2.05) is 0 Å². The van der Waals surface area contributed by atoms with Crippen LogP contribution in [0.2, 0.25) is 0 Å². The third-order valence-electron chi connectivity index (χ3n) is 10.3. The van der Waals surface area contributed by atoms with Crippen molar-refractivity contribution in [2.45, 2.75) is 96.9 Å². The second kappa shape index (κ2) is 7.51. The molecule has 0 aromatic carbocycles. The molecule has 4 aliphatic rings. The molecule has 0 unspecified atom stereocenters. The first-order valence-corrected chi connectivity index (χ1v) is 11.9. The minimum Gasteiger partial charge on any atom is -0.396 e. The Labute approximate surface area is 170 Å². The number of aliphatic hydroxyl groups is 4. The van der Waals surface area contributed by atoms with E-state index in [4.69, 9.17) is 0 Å². The predicted octanol–water partition coefficient (Wildman–Crippen LogP) is 3.36. The van der Waals surface area contributed by atoms with Crippen LogP contribution in [-0.2, 0) is 0 Å². The van der Waals surface area contributed by atoms with Gasteiger partial charge in [-0.05, 0) is 104 Å². The standard InChI is InChI=1S/C24H42O4/c1-14(5-4-10-25)17-6-7-18-22-19(13-21(28)24(17,18)3)23(2)9-8-16(26)11-15(23)12-20(22)27/h14-22,25-28H,4-13H2,1-3H3/t14-,15-,16-,17-,18-,19-,20-,21+,22-,23+,24-/m1/s1. The molecule has 162 valence electrons. The summed E-state index contributed by atoms with van der Waals surface area (Å²) in [6, 6.07) is 0. The molecule has 0 radical (unpaired) electrons. The van der Waals surface area contributed by atoms with Crippen LogP contribution >= 0.6 is 0 Å². The highest BCUT2D eigenvalue weighted by atomic mass is 16.3. The highest BCUT2D eigenvalue weighted by molar-refractivity contribution is 5.14. The van der Waals surface area contributed by atoms with Gasteiger partial charge < -0.3 is 20.4 Å². The lowest BCUT2D eigenvalue weighted by Crippen LogP contribution is -2.62. The summed E-state index contributed by atoms with van der Waals surface area (Å²) in [5.41, 5.74) is 0.0282. The van der Waals surface area contributed by atoms with Crippen molar-refractivity contribution in [3.63, 3.8) is 0 Å². The van der Waals surface area contributed by atoms with E-state index in [2.05, 4.69) is 20.8 Å². The monoisotopic (exact) mass is 394 g/mol. The Morgan fingerprint density at radius 1 is 0.964 bits per heavy atom. The van der Waals surface area contributed by atoms with Crippen molar-refractivity contribution in [3.05, 3.63) is 0 Å². The molecule has 4 fully saturated rings. The van der Waals surface area contributed by atoms with Gasteiger partial charge in [0.1, 0.15) is 0 Å². The quantitative estimate of drug-likeness (QED) is 0.589. The summed E-state index contributed by atoms with van der Waals surface area (Å²) in [6.07, 6.45) is 7.62. The van der Waals surface area contributed by atoms with Crippen LogP contribution < -0.4 is 0 Å². The van der Waals surface area contributed by atoms with E-state index >= 15 is 0 Å². The summed E-state index contributed by atoms with van der Waals surface area (Å²) in [6.45, 7) is 7.23. The molecule has 0 spiro atoms. The van der Waals surface area contributed by atoms with Crippen molar-refractivity contribution in [2.24, 2.45) is 46.3 Å². The lowest BCUT2D eigenvalue weighted by Gasteiger charge is -2.63. The van der Waals surface area contributed by atoms with Crippen LogP contribution in [0, 0.1) is 46.3 Å². The highest BCUT2D eigenvalue weighted by Gasteiger charge is 2.65. The smallest absolute Gasteiger partial charge is 0.0602 e. The van der Waals surface area contributed by atoms with Crippen LogP contribution in [-0.4, -0.2) is 45.3 Å². The molecule has 0 bridgehead atoms. The maximum absolute atomic E-state index is 11.5. The van der Waals surface area contributed by atoms with E-state index in [-0.39, 0.29) is 35.7 Å². The van der Waals surface area contributed by atoms with Gasteiger partial charge in [-0.3, -0.25) is 0 Å². The fourth-order valence-corrected chi connectivity index (χ4v) is 8.75. The van der Waals surface area contributed by atoms with Gasteiger partial charge in [0.15, 0.2) is 0 Å². The zero-order valence-corrected chi connectivity index (χ0v) is 18.1. The van der Waals surface area contributed by atoms with Gasteiger partial charge in [-0.15, -0.1) is 0 Å². The van der Waals surface area contributed by atoms with Crippen LogP contribution in [0.4, 0.5) is 0 Å². The maximum atomic E-state index is 11.5. The number of rotatable bonds is 4. The molecule has 4 nitrogen and oxygen atoms in total. The van der Waals surface area contributed by atoms with Gasteiger partial charge in [-0.2, -0.15) is 0 Å². The van der Waals surface area contributed by atoms with Crippen molar-refractivity contribution in [1.82, 2.24) is 0 Å². The topological polar surface area (TPSA) is 80.9 Å². The zero-order valence-electron chi connectivity index (χ0n) is 18.1. The number of aliphatic hydroxyl groups excluding tert-OH is 4. The molecule has 11 atom stereocenters. The number of hydrogen-bond donors (Lipinski definition) is 4.